The smallest absolute Gasteiger partial charge is 0.309 e. The summed E-state index contributed by atoms with van der Waals surface area (Å²) in [5.74, 6) is -1.10. The van der Waals surface area contributed by atoms with Crippen LogP contribution < -0.4 is 10.6 Å². The quantitative estimate of drug-likeness (QED) is 0.807. The second-order valence-electron chi connectivity index (χ2n) is 4.38. The van der Waals surface area contributed by atoms with Crippen LogP contribution in [0, 0.1) is 0 Å². The van der Waals surface area contributed by atoms with Crippen molar-refractivity contribution in [2.24, 2.45) is 0 Å². The number of halogens is 1. The first kappa shape index (κ1) is 12.9. The summed E-state index contributed by atoms with van der Waals surface area (Å²) in [6.07, 6.45) is 2.60. The molecule has 0 atom stereocenters. The predicted molar refractivity (Wildman–Crippen MR) is 69.3 cm³/mol. The monoisotopic (exact) mass is 266 g/mol. The van der Waals surface area contributed by atoms with Crippen LogP contribution in [0.4, 0.5) is 0 Å². The Morgan fingerprint density at radius 3 is 2.72 bits per heavy atom. The molecule has 1 aromatic carbocycles. The van der Waals surface area contributed by atoms with Gasteiger partial charge in [0.05, 0.1) is 0 Å². The van der Waals surface area contributed by atoms with Crippen LogP contribution in [-0.4, -0.2) is 24.4 Å². The fourth-order valence-corrected chi connectivity index (χ4v) is 1.78. The molecule has 0 bridgehead atoms. The second-order valence-corrected chi connectivity index (χ2v) is 4.82. The number of benzene rings is 1. The molecule has 2 amide bonds. The molecule has 5 heteroatoms. The van der Waals surface area contributed by atoms with E-state index in [9.17, 15) is 9.59 Å². The molecule has 2 rings (SSSR count). The number of carbonyl (C=O) groups is 2. The maximum absolute atomic E-state index is 11.4. The Hall–Kier alpha value is -1.55. The molecule has 1 fully saturated rings. The van der Waals surface area contributed by atoms with Gasteiger partial charge < -0.3 is 10.6 Å². The molecule has 1 saturated carbocycles. The molecule has 0 heterocycles. The zero-order valence-corrected chi connectivity index (χ0v) is 10.7. The van der Waals surface area contributed by atoms with Crippen molar-refractivity contribution in [1.29, 1.82) is 0 Å². The van der Waals surface area contributed by atoms with Crippen LogP contribution in [0.15, 0.2) is 24.3 Å². The van der Waals surface area contributed by atoms with Crippen molar-refractivity contribution in [2.45, 2.75) is 25.3 Å². The third kappa shape index (κ3) is 4.04. The number of nitrogens with one attached hydrogen (secondary N) is 2. The number of hydrogen-bond donors (Lipinski definition) is 2. The Bertz CT molecular complexity index is 458. The molecule has 0 saturated heterocycles. The maximum Gasteiger partial charge on any atom is 0.309 e. The summed E-state index contributed by atoms with van der Waals surface area (Å²) in [5, 5.41) is 5.90. The molecule has 4 nitrogen and oxygen atoms in total. The summed E-state index contributed by atoms with van der Waals surface area (Å²) in [7, 11) is 0. The average Bonchev–Trinajstić information content (AvgIpc) is 3.13. The van der Waals surface area contributed by atoms with Crippen LogP contribution in [0.5, 0.6) is 0 Å². The first-order valence-electron chi connectivity index (χ1n) is 5.98. The van der Waals surface area contributed by atoms with Gasteiger partial charge in [0.2, 0.25) is 0 Å². The summed E-state index contributed by atoms with van der Waals surface area (Å²) >= 11 is 5.85. The Labute approximate surface area is 111 Å². The number of rotatable bonds is 4. The molecule has 0 spiro atoms. The third-order valence-electron chi connectivity index (χ3n) is 2.71. The van der Waals surface area contributed by atoms with Crippen molar-refractivity contribution in [1.82, 2.24) is 10.6 Å². The molecule has 2 N–H and O–H groups in total. The molecule has 96 valence electrons. The summed E-state index contributed by atoms with van der Waals surface area (Å²) in [4.78, 5) is 22.8. The third-order valence-corrected chi connectivity index (χ3v) is 2.94. The summed E-state index contributed by atoms with van der Waals surface area (Å²) in [5.41, 5.74) is 1.03. The topological polar surface area (TPSA) is 58.2 Å². The lowest BCUT2D eigenvalue weighted by atomic mass is 10.1. The summed E-state index contributed by atoms with van der Waals surface area (Å²) < 4.78 is 0. The van der Waals surface area contributed by atoms with Gasteiger partial charge in [-0.1, -0.05) is 23.7 Å². The number of amides is 2. The van der Waals surface area contributed by atoms with E-state index < -0.39 is 11.8 Å². The van der Waals surface area contributed by atoms with Gasteiger partial charge in [-0.05, 0) is 37.0 Å². The van der Waals surface area contributed by atoms with Crippen molar-refractivity contribution < 1.29 is 9.59 Å². The minimum Gasteiger partial charge on any atom is -0.348 e. The van der Waals surface area contributed by atoms with Crippen LogP contribution in [0.3, 0.4) is 0 Å². The fraction of sp³-hybridized carbons (Fsp3) is 0.385. The van der Waals surface area contributed by atoms with Gasteiger partial charge in [-0.15, -0.1) is 0 Å². The van der Waals surface area contributed by atoms with Gasteiger partial charge in [-0.25, -0.2) is 0 Å². The molecule has 0 radical (unpaired) electrons. The zero-order chi connectivity index (χ0) is 13.0. The van der Waals surface area contributed by atoms with Crippen LogP contribution in [-0.2, 0) is 16.0 Å². The van der Waals surface area contributed by atoms with E-state index in [0.717, 1.165) is 18.4 Å². The molecule has 18 heavy (non-hydrogen) atoms. The number of carbonyl (C=O) groups excluding carboxylic acids is 2. The Kier molecular flexibility index (Phi) is 4.20. The van der Waals surface area contributed by atoms with Gasteiger partial charge in [0.15, 0.2) is 0 Å². The van der Waals surface area contributed by atoms with Crippen molar-refractivity contribution in [3.63, 3.8) is 0 Å². The van der Waals surface area contributed by atoms with E-state index >= 15 is 0 Å². The van der Waals surface area contributed by atoms with Gasteiger partial charge in [-0.2, -0.15) is 0 Å². The standard InChI is InChI=1S/C13H15ClN2O2/c14-10-3-1-2-9(8-10)6-7-15-12(17)13(18)16-11-4-5-11/h1-3,8,11H,4-7H2,(H,15,17)(H,16,18). The van der Waals surface area contributed by atoms with Crippen molar-refractivity contribution in [3.8, 4) is 0 Å². The molecule has 1 aliphatic rings. The Balaban J connectivity index is 1.71. The van der Waals surface area contributed by atoms with Crippen molar-refractivity contribution in [2.75, 3.05) is 6.54 Å². The van der Waals surface area contributed by atoms with E-state index in [0.29, 0.717) is 18.0 Å². The highest BCUT2D eigenvalue weighted by Crippen LogP contribution is 2.18. The summed E-state index contributed by atoms with van der Waals surface area (Å²) in [6.45, 7) is 0.428. The van der Waals surface area contributed by atoms with Gasteiger partial charge in [0, 0.05) is 17.6 Å². The fourth-order valence-electron chi connectivity index (χ4n) is 1.57. The zero-order valence-electron chi connectivity index (χ0n) is 9.91. The Morgan fingerprint density at radius 1 is 1.28 bits per heavy atom. The predicted octanol–water partition coefficient (Wildman–Crippen LogP) is 1.28. The molecule has 0 aromatic heterocycles. The van der Waals surface area contributed by atoms with E-state index in [1.54, 1.807) is 6.07 Å². The highest BCUT2D eigenvalue weighted by molar-refractivity contribution is 6.35. The highest BCUT2D eigenvalue weighted by atomic mass is 35.5. The van der Waals surface area contributed by atoms with Gasteiger partial charge in [-0.3, -0.25) is 9.59 Å². The van der Waals surface area contributed by atoms with Crippen LogP contribution in [0.1, 0.15) is 18.4 Å². The summed E-state index contributed by atoms with van der Waals surface area (Å²) in [6, 6.07) is 7.64. The largest absolute Gasteiger partial charge is 0.348 e. The van der Waals surface area contributed by atoms with Crippen molar-refractivity contribution >= 4 is 23.4 Å². The van der Waals surface area contributed by atoms with Crippen LogP contribution in [0.25, 0.3) is 0 Å². The lowest BCUT2D eigenvalue weighted by molar-refractivity contribution is -0.139. The molecule has 0 aliphatic heterocycles. The van der Waals surface area contributed by atoms with Gasteiger partial charge >= 0.3 is 11.8 Å². The first-order chi connectivity index (χ1) is 8.65. The molecular weight excluding hydrogens is 252 g/mol. The molecule has 1 aromatic rings. The van der Waals surface area contributed by atoms with Crippen molar-refractivity contribution in [3.05, 3.63) is 34.9 Å². The first-order valence-corrected chi connectivity index (χ1v) is 6.36. The lowest BCUT2D eigenvalue weighted by Gasteiger charge is -2.05. The van der Waals surface area contributed by atoms with E-state index in [1.807, 2.05) is 18.2 Å². The van der Waals surface area contributed by atoms with Crippen LogP contribution >= 0.6 is 11.6 Å². The van der Waals surface area contributed by atoms with Gasteiger partial charge in [0.1, 0.15) is 0 Å². The van der Waals surface area contributed by atoms with E-state index in [1.165, 1.54) is 0 Å². The minimum atomic E-state index is -0.566. The maximum atomic E-state index is 11.4. The molecule has 1 aliphatic carbocycles. The number of hydrogen-bond acceptors (Lipinski definition) is 2. The molecular formula is C13H15ClN2O2. The van der Waals surface area contributed by atoms with Gasteiger partial charge in [0.25, 0.3) is 0 Å². The normalized spacial score (nSPS) is 14.1. The van der Waals surface area contributed by atoms with Crippen LogP contribution in [0.2, 0.25) is 5.02 Å². The van der Waals surface area contributed by atoms with E-state index in [-0.39, 0.29) is 6.04 Å². The second kappa shape index (κ2) is 5.87. The van der Waals surface area contributed by atoms with E-state index in [4.69, 9.17) is 11.6 Å². The van der Waals surface area contributed by atoms with E-state index in [2.05, 4.69) is 10.6 Å². The minimum absolute atomic E-state index is 0.205. The molecule has 0 unspecified atom stereocenters. The SMILES string of the molecule is O=C(NCCc1cccc(Cl)c1)C(=O)NC1CC1. The highest BCUT2D eigenvalue weighted by Gasteiger charge is 2.25. The Morgan fingerprint density at radius 2 is 2.06 bits per heavy atom. The average molecular weight is 267 g/mol. The lowest BCUT2D eigenvalue weighted by Crippen LogP contribution is -2.41.